The number of carbonyl (C=O) groups is 1. The first-order valence-electron chi connectivity index (χ1n) is 9.11. The minimum Gasteiger partial charge on any atom is -0.341 e. The van der Waals surface area contributed by atoms with E-state index in [-0.39, 0.29) is 23.3 Å². The van der Waals surface area contributed by atoms with E-state index in [1.165, 1.54) is 16.4 Å². The van der Waals surface area contributed by atoms with Gasteiger partial charge in [0.05, 0.1) is 10.8 Å². The number of sulfonamides is 1. The molecule has 26 heavy (non-hydrogen) atoms. The number of likely N-dealkylation sites (N-methyl/N-ethyl adjacent to an activating group) is 1. The molecule has 0 radical (unpaired) electrons. The molecule has 0 spiro atoms. The molecule has 3 rings (SSSR count). The van der Waals surface area contributed by atoms with Crippen molar-refractivity contribution >= 4 is 15.9 Å². The standard InChI is InChI=1S/C18H26FN3O3S/c1-20-9-3-10-21(13-12-20)18(23)15-4-2-11-22(14-15)26(24,25)17-7-5-16(19)6-8-17/h5-8,15H,2-4,9-14H2,1H3. The zero-order valence-corrected chi connectivity index (χ0v) is 15.9. The molecule has 1 amide bonds. The Hall–Kier alpha value is -1.51. The summed E-state index contributed by atoms with van der Waals surface area (Å²) in [5.74, 6) is -0.719. The average molecular weight is 383 g/mol. The molecule has 0 aliphatic carbocycles. The Morgan fingerprint density at radius 2 is 1.77 bits per heavy atom. The molecule has 1 unspecified atom stereocenters. The number of amides is 1. The summed E-state index contributed by atoms with van der Waals surface area (Å²) in [6.45, 7) is 3.83. The smallest absolute Gasteiger partial charge is 0.243 e. The third-order valence-electron chi connectivity index (χ3n) is 5.22. The predicted octanol–water partition coefficient (Wildman–Crippen LogP) is 1.39. The van der Waals surface area contributed by atoms with Crippen LogP contribution in [0.2, 0.25) is 0 Å². The summed E-state index contributed by atoms with van der Waals surface area (Å²) in [4.78, 5) is 17.1. The van der Waals surface area contributed by atoms with Gasteiger partial charge in [-0.1, -0.05) is 0 Å². The summed E-state index contributed by atoms with van der Waals surface area (Å²) in [6.07, 6.45) is 2.30. The van der Waals surface area contributed by atoms with Crippen molar-refractivity contribution in [3.63, 3.8) is 0 Å². The molecule has 144 valence electrons. The molecule has 1 aromatic rings. The number of halogens is 1. The lowest BCUT2D eigenvalue weighted by Gasteiger charge is -2.34. The van der Waals surface area contributed by atoms with E-state index in [0.717, 1.165) is 38.2 Å². The first kappa shape index (κ1) is 19.3. The first-order valence-corrected chi connectivity index (χ1v) is 10.5. The van der Waals surface area contributed by atoms with Crippen molar-refractivity contribution in [2.24, 2.45) is 5.92 Å². The van der Waals surface area contributed by atoms with Crippen LogP contribution in [0.25, 0.3) is 0 Å². The number of hydrogen-bond donors (Lipinski definition) is 0. The quantitative estimate of drug-likeness (QED) is 0.792. The van der Waals surface area contributed by atoms with Crippen molar-refractivity contribution in [1.82, 2.24) is 14.1 Å². The topological polar surface area (TPSA) is 60.9 Å². The zero-order valence-electron chi connectivity index (χ0n) is 15.1. The van der Waals surface area contributed by atoms with Crippen LogP contribution in [0.3, 0.4) is 0 Å². The maximum absolute atomic E-state index is 13.1. The lowest BCUT2D eigenvalue weighted by Crippen LogP contribution is -2.47. The van der Waals surface area contributed by atoms with Crippen molar-refractivity contribution in [2.75, 3.05) is 46.3 Å². The van der Waals surface area contributed by atoms with Crippen molar-refractivity contribution in [2.45, 2.75) is 24.2 Å². The number of rotatable bonds is 3. The molecule has 0 saturated carbocycles. The average Bonchev–Trinajstić information content (AvgIpc) is 2.86. The van der Waals surface area contributed by atoms with Crippen molar-refractivity contribution in [3.05, 3.63) is 30.1 Å². The number of benzene rings is 1. The highest BCUT2D eigenvalue weighted by Gasteiger charge is 2.35. The minimum atomic E-state index is -3.70. The SMILES string of the molecule is CN1CCCN(C(=O)C2CCCN(S(=O)(=O)c3ccc(F)cc3)C2)CC1. The van der Waals surface area contributed by atoms with Gasteiger partial charge in [-0.25, -0.2) is 12.8 Å². The van der Waals surface area contributed by atoms with Gasteiger partial charge in [-0.15, -0.1) is 0 Å². The second-order valence-electron chi connectivity index (χ2n) is 7.14. The lowest BCUT2D eigenvalue weighted by molar-refractivity contribution is -0.136. The summed E-state index contributed by atoms with van der Waals surface area (Å²) in [6, 6.07) is 4.85. The molecule has 2 fully saturated rings. The van der Waals surface area contributed by atoms with Gasteiger partial charge in [0.1, 0.15) is 5.82 Å². The second-order valence-corrected chi connectivity index (χ2v) is 9.08. The molecule has 6 nitrogen and oxygen atoms in total. The fourth-order valence-electron chi connectivity index (χ4n) is 3.64. The van der Waals surface area contributed by atoms with Crippen molar-refractivity contribution in [1.29, 1.82) is 0 Å². The molecular formula is C18H26FN3O3S. The van der Waals surface area contributed by atoms with Crippen LogP contribution in [0, 0.1) is 11.7 Å². The van der Waals surface area contributed by atoms with Crippen LogP contribution in [0.15, 0.2) is 29.2 Å². The Balaban J connectivity index is 1.70. The van der Waals surface area contributed by atoms with Gasteiger partial charge in [-0.05, 0) is 57.1 Å². The van der Waals surface area contributed by atoms with Gasteiger partial charge in [0.15, 0.2) is 0 Å². The largest absolute Gasteiger partial charge is 0.341 e. The summed E-state index contributed by atoms with van der Waals surface area (Å²) in [7, 11) is -1.66. The van der Waals surface area contributed by atoms with E-state index >= 15 is 0 Å². The Morgan fingerprint density at radius 3 is 2.50 bits per heavy atom. The summed E-state index contributed by atoms with van der Waals surface area (Å²) >= 11 is 0. The van der Waals surface area contributed by atoms with Gasteiger partial charge in [0, 0.05) is 32.7 Å². The van der Waals surface area contributed by atoms with E-state index in [1.807, 2.05) is 11.9 Å². The van der Waals surface area contributed by atoms with Crippen LogP contribution in [0.1, 0.15) is 19.3 Å². The Bertz CT molecular complexity index is 739. The highest BCUT2D eigenvalue weighted by molar-refractivity contribution is 7.89. The fourth-order valence-corrected chi connectivity index (χ4v) is 5.17. The maximum Gasteiger partial charge on any atom is 0.243 e. The molecular weight excluding hydrogens is 357 g/mol. The molecule has 2 aliphatic rings. The van der Waals surface area contributed by atoms with Crippen LogP contribution >= 0.6 is 0 Å². The molecule has 0 N–H and O–H groups in total. The van der Waals surface area contributed by atoms with Gasteiger partial charge in [0.25, 0.3) is 0 Å². The van der Waals surface area contributed by atoms with Crippen LogP contribution in [-0.2, 0) is 14.8 Å². The lowest BCUT2D eigenvalue weighted by atomic mass is 9.98. The molecule has 1 aromatic carbocycles. The number of carbonyl (C=O) groups excluding carboxylic acids is 1. The minimum absolute atomic E-state index is 0.0549. The third-order valence-corrected chi connectivity index (χ3v) is 7.10. The second kappa shape index (κ2) is 8.02. The van der Waals surface area contributed by atoms with E-state index < -0.39 is 15.8 Å². The molecule has 0 aromatic heterocycles. The highest BCUT2D eigenvalue weighted by atomic mass is 32.2. The zero-order chi connectivity index (χ0) is 18.7. The molecule has 2 aliphatic heterocycles. The van der Waals surface area contributed by atoms with Crippen molar-refractivity contribution < 1.29 is 17.6 Å². The van der Waals surface area contributed by atoms with Crippen molar-refractivity contribution in [3.8, 4) is 0 Å². The van der Waals surface area contributed by atoms with E-state index in [0.29, 0.717) is 25.9 Å². The van der Waals surface area contributed by atoms with Gasteiger partial charge in [-0.3, -0.25) is 4.79 Å². The molecule has 2 heterocycles. The van der Waals surface area contributed by atoms with Crippen LogP contribution in [-0.4, -0.2) is 74.7 Å². The number of piperidine rings is 1. The molecule has 2 saturated heterocycles. The summed E-state index contributed by atoms with van der Waals surface area (Å²) in [5, 5.41) is 0. The van der Waals surface area contributed by atoms with Crippen LogP contribution in [0.4, 0.5) is 4.39 Å². The number of hydrogen-bond acceptors (Lipinski definition) is 4. The van der Waals surface area contributed by atoms with Gasteiger partial charge in [0.2, 0.25) is 15.9 Å². The van der Waals surface area contributed by atoms with Crippen LogP contribution < -0.4 is 0 Å². The van der Waals surface area contributed by atoms with Gasteiger partial charge in [-0.2, -0.15) is 4.31 Å². The number of nitrogens with zero attached hydrogens (tertiary/aromatic N) is 3. The Morgan fingerprint density at radius 1 is 1.04 bits per heavy atom. The highest BCUT2D eigenvalue weighted by Crippen LogP contribution is 2.25. The fraction of sp³-hybridized carbons (Fsp3) is 0.611. The van der Waals surface area contributed by atoms with E-state index in [9.17, 15) is 17.6 Å². The molecule has 0 bridgehead atoms. The van der Waals surface area contributed by atoms with E-state index in [4.69, 9.17) is 0 Å². The Labute approximate surface area is 154 Å². The third kappa shape index (κ3) is 4.24. The maximum atomic E-state index is 13.1. The Kier molecular flexibility index (Phi) is 5.94. The monoisotopic (exact) mass is 383 g/mol. The van der Waals surface area contributed by atoms with Gasteiger partial charge < -0.3 is 9.80 Å². The first-order chi connectivity index (χ1) is 12.4. The molecule has 8 heteroatoms. The van der Waals surface area contributed by atoms with E-state index in [2.05, 4.69) is 4.90 Å². The summed E-state index contributed by atoms with van der Waals surface area (Å²) < 4.78 is 40.1. The predicted molar refractivity (Wildman–Crippen MR) is 96.6 cm³/mol. The van der Waals surface area contributed by atoms with E-state index in [1.54, 1.807) is 0 Å². The van der Waals surface area contributed by atoms with Gasteiger partial charge >= 0.3 is 0 Å². The summed E-state index contributed by atoms with van der Waals surface area (Å²) in [5.41, 5.74) is 0. The molecule has 1 atom stereocenters. The normalized spacial score (nSPS) is 23.6. The van der Waals surface area contributed by atoms with Crippen LogP contribution in [0.5, 0.6) is 0 Å².